The number of allylic oxidation sites excluding steroid dienone is 1. The molecule has 46 heavy (non-hydrogen) atoms. The minimum atomic E-state index is -4.76. The smallest absolute Gasteiger partial charge is 0.406 e. The zero-order valence-electron chi connectivity index (χ0n) is 25.1. The monoisotopic (exact) mass is 711 g/mol. The molecule has 0 radical (unpaired) electrons. The van der Waals surface area contributed by atoms with E-state index in [0.29, 0.717) is 23.1 Å². The highest BCUT2D eigenvalue weighted by Crippen LogP contribution is 2.34. The fourth-order valence-electron chi connectivity index (χ4n) is 4.71. The van der Waals surface area contributed by atoms with Crippen LogP contribution in [0.3, 0.4) is 0 Å². The van der Waals surface area contributed by atoms with Gasteiger partial charge in [0.15, 0.2) is 11.0 Å². The highest BCUT2D eigenvalue weighted by atomic mass is 79.9. The number of hydrogen-bond acceptors (Lipinski definition) is 6. The minimum Gasteiger partial charge on any atom is -0.406 e. The lowest BCUT2D eigenvalue weighted by Crippen LogP contribution is -2.31. The van der Waals surface area contributed by atoms with Gasteiger partial charge in [-0.1, -0.05) is 77.9 Å². The van der Waals surface area contributed by atoms with Crippen LogP contribution in [0.4, 0.5) is 18.9 Å². The summed E-state index contributed by atoms with van der Waals surface area (Å²) in [6, 6.07) is 18.8. The molecule has 8 nitrogen and oxygen atoms in total. The van der Waals surface area contributed by atoms with Crippen molar-refractivity contribution in [2.24, 2.45) is 4.99 Å². The van der Waals surface area contributed by atoms with E-state index in [1.54, 1.807) is 4.90 Å². The average Bonchev–Trinajstić information content (AvgIpc) is 3.63. The maximum Gasteiger partial charge on any atom is 0.573 e. The van der Waals surface area contributed by atoms with Gasteiger partial charge in [-0.05, 0) is 76.8 Å². The van der Waals surface area contributed by atoms with Crippen molar-refractivity contribution in [1.82, 2.24) is 14.8 Å². The summed E-state index contributed by atoms with van der Waals surface area (Å²) in [6.07, 6.45) is -0.788. The second-order valence-corrected chi connectivity index (χ2v) is 12.8. The molecule has 0 N–H and O–H groups in total. The van der Waals surface area contributed by atoms with Crippen LogP contribution >= 0.6 is 27.7 Å². The largest absolute Gasteiger partial charge is 0.573 e. The molecule has 0 spiro atoms. The van der Waals surface area contributed by atoms with Gasteiger partial charge in [0.25, 0.3) is 0 Å². The topological polar surface area (TPSA) is 89.7 Å². The number of benzene rings is 3. The van der Waals surface area contributed by atoms with E-state index in [2.05, 4.69) is 49.6 Å². The van der Waals surface area contributed by atoms with Gasteiger partial charge >= 0.3 is 6.36 Å². The third kappa shape index (κ3) is 8.32. The predicted octanol–water partition coefficient (Wildman–Crippen LogP) is 8.44. The molecule has 0 saturated carbocycles. The van der Waals surface area contributed by atoms with Gasteiger partial charge in [-0.2, -0.15) is 4.99 Å². The van der Waals surface area contributed by atoms with Gasteiger partial charge in [-0.3, -0.25) is 14.5 Å². The van der Waals surface area contributed by atoms with Crippen molar-refractivity contribution in [2.75, 3.05) is 10.7 Å². The number of amides is 2. The number of alkyl halides is 3. The first-order valence-corrected chi connectivity index (χ1v) is 16.1. The number of carbonyl (C=O) groups excluding carboxylic acids is 2. The SMILES string of the molecule is Cc1ccc(C(C)C)c(N2C(=O)CSC2=NC(=O)CC/C(Br)=C\c2ccc(-c3ncn(-c4ccc(OC(F)(F)F)cc4)n3)cc2)c1. The van der Waals surface area contributed by atoms with Crippen LogP contribution < -0.4 is 9.64 Å². The van der Waals surface area contributed by atoms with Crippen LogP contribution in [-0.4, -0.2) is 43.9 Å². The van der Waals surface area contributed by atoms with E-state index < -0.39 is 6.36 Å². The summed E-state index contributed by atoms with van der Waals surface area (Å²) in [7, 11) is 0. The number of carbonyl (C=O) groups is 2. The van der Waals surface area contributed by atoms with Gasteiger partial charge in [0, 0.05) is 12.0 Å². The third-order valence-corrected chi connectivity index (χ3v) is 8.48. The highest BCUT2D eigenvalue weighted by molar-refractivity contribution is 9.11. The lowest BCUT2D eigenvalue weighted by molar-refractivity contribution is -0.274. The molecular weight excluding hydrogens is 683 g/mol. The molecule has 0 aliphatic carbocycles. The molecule has 1 saturated heterocycles. The minimum absolute atomic E-state index is 0.0934. The number of halogens is 4. The number of nitrogens with zero attached hydrogens (tertiary/aromatic N) is 5. The van der Waals surface area contributed by atoms with Gasteiger partial charge < -0.3 is 4.74 Å². The zero-order valence-corrected chi connectivity index (χ0v) is 27.5. The van der Waals surface area contributed by atoms with Crippen molar-refractivity contribution in [3.05, 3.63) is 94.2 Å². The standard InChI is InChI=1S/C33H29BrF3N5O3S/c1-20(2)27-14-4-21(3)16-28(27)42-30(44)18-46-32(42)39-29(43)15-9-24(34)17-22-5-7-23(8-6-22)31-38-19-41(40-31)25-10-12-26(13-11-25)45-33(35,36)37/h4-8,10-14,16-17,19-20H,9,15,18H2,1-3H3/b24-17+,39-32?. The zero-order chi connectivity index (χ0) is 33.0. The molecule has 1 aliphatic heterocycles. The third-order valence-electron chi connectivity index (χ3n) is 6.93. The molecular formula is C33H29BrF3N5O3S. The molecule has 238 valence electrons. The quantitative estimate of drug-likeness (QED) is 0.173. The molecule has 4 aromatic rings. The van der Waals surface area contributed by atoms with Crippen LogP contribution in [0.1, 0.15) is 49.3 Å². The Labute approximate surface area is 276 Å². The Bertz CT molecular complexity index is 1800. The normalized spacial score (nSPS) is 14.9. The summed E-state index contributed by atoms with van der Waals surface area (Å²) >= 11 is 4.82. The Hall–Kier alpha value is -4.23. The second kappa shape index (κ2) is 14.0. The molecule has 1 aromatic heterocycles. The Balaban J connectivity index is 1.20. The molecule has 13 heteroatoms. The summed E-state index contributed by atoms with van der Waals surface area (Å²) in [5.74, 6) is 0.151. The molecule has 0 atom stereocenters. The van der Waals surface area contributed by atoms with Crippen LogP contribution in [0.2, 0.25) is 0 Å². The fourth-order valence-corrected chi connectivity index (χ4v) is 6.05. The second-order valence-electron chi connectivity index (χ2n) is 10.8. The van der Waals surface area contributed by atoms with Crippen LogP contribution in [-0.2, 0) is 9.59 Å². The maximum absolute atomic E-state index is 12.8. The molecule has 2 amide bonds. The van der Waals surface area contributed by atoms with Crippen molar-refractivity contribution >= 4 is 56.4 Å². The van der Waals surface area contributed by atoms with Crippen molar-refractivity contribution < 1.29 is 27.5 Å². The number of thioether (sulfide) groups is 1. The van der Waals surface area contributed by atoms with E-state index in [0.717, 1.165) is 32.4 Å². The molecule has 1 fully saturated rings. The molecule has 1 aliphatic rings. The average molecular weight is 713 g/mol. The van der Waals surface area contributed by atoms with E-state index >= 15 is 0 Å². The van der Waals surface area contributed by atoms with Crippen LogP contribution in [0.5, 0.6) is 5.75 Å². The Morgan fingerprint density at radius 1 is 1.09 bits per heavy atom. The van der Waals surface area contributed by atoms with E-state index in [1.165, 1.54) is 47.0 Å². The van der Waals surface area contributed by atoms with Crippen molar-refractivity contribution in [3.63, 3.8) is 0 Å². The lowest BCUT2D eigenvalue weighted by atomic mass is 9.99. The lowest BCUT2D eigenvalue weighted by Gasteiger charge is -2.22. The molecule has 5 rings (SSSR count). The van der Waals surface area contributed by atoms with E-state index in [-0.39, 0.29) is 35.7 Å². The summed E-state index contributed by atoms with van der Waals surface area (Å²) in [4.78, 5) is 35.8. The van der Waals surface area contributed by atoms with Crippen molar-refractivity contribution in [1.29, 1.82) is 0 Å². The molecule has 2 heterocycles. The van der Waals surface area contributed by atoms with E-state index in [1.807, 2.05) is 55.5 Å². The number of aryl methyl sites for hydroxylation is 1. The number of aromatic nitrogens is 3. The fraction of sp³-hybridized carbons (Fsp3) is 0.242. The van der Waals surface area contributed by atoms with Crippen LogP contribution in [0.25, 0.3) is 23.2 Å². The van der Waals surface area contributed by atoms with Gasteiger partial charge in [0.05, 0.1) is 17.1 Å². The molecule has 0 bridgehead atoms. The first kappa shape index (κ1) is 33.1. The number of rotatable bonds is 9. The summed E-state index contributed by atoms with van der Waals surface area (Å²) in [5.41, 5.74) is 4.98. The number of ether oxygens (including phenoxy) is 1. The van der Waals surface area contributed by atoms with Crippen molar-refractivity contribution in [3.8, 4) is 22.8 Å². The summed E-state index contributed by atoms with van der Waals surface area (Å²) in [6.45, 7) is 6.10. The number of hydrogen-bond donors (Lipinski definition) is 0. The molecule has 3 aromatic carbocycles. The van der Waals surface area contributed by atoms with E-state index in [4.69, 9.17) is 0 Å². The van der Waals surface area contributed by atoms with E-state index in [9.17, 15) is 22.8 Å². The number of anilines is 1. The predicted molar refractivity (Wildman–Crippen MR) is 177 cm³/mol. The van der Waals surface area contributed by atoms with Gasteiger partial charge in [0.2, 0.25) is 11.8 Å². The Morgan fingerprint density at radius 2 is 1.80 bits per heavy atom. The van der Waals surface area contributed by atoms with Gasteiger partial charge in [0.1, 0.15) is 12.1 Å². The first-order valence-electron chi connectivity index (χ1n) is 14.3. The van der Waals surface area contributed by atoms with Crippen LogP contribution in [0.15, 0.2) is 82.5 Å². The summed E-state index contributed by atoms with van der Waals surface area (Å²) < 4.78 is 43.4. The summed E-state index contributed by atoms with van der Waals surface area (Å²) in [5, 5.41) is 4.83. The first-order chi connectivity index (χ1) is 21.9. The highest BCUT2D eigenvalue weighted by Gasteiger charge is 2.33. The Kier molecular flexibility index (Phi) is 10.1. The number of amidine groups is 1. The molecule has 0 unspecified atom stereocenters. The van der Waals surface area contributed by atoms with Crippen molar-refractivity contribution in [2.45, 2.75) is 45.9 Å². The van der Waals surface area contributed by atoms with Gasteiger partial charge in [-0.15, -0.1) is 18.3 Å². The van der Waals surface area contributed by atoms with Gasteiger partial charge in [-0.25, -0.2) is 9.67 Å². The Morgan fingerprint density at radius 3 is 2.48 bits per heavy atom. The maximum atomic E-state index is 12.8. The number of aliphatic imine (C=N–C) groups is 1. The van der Waals surface area contributed by atoms with Crippen LogP contribution in [0, 0.1) is 6.92 Å².